The highest BCUT2D eigenvalue weighted by atomic mass is 35.5. The summed E-state index contributed by atoms with van der Waals surface area (Å²) in [5.41, 5.74) is 53.4. The SMILES string of the molecule is C#Cc1ccccc1CC(=O)CC(=O)OCC.C#Cc1ccccc1Cc1cc(=O)[nH]c(-c2ccccc2N=[N+]=[N-])n1.Clc1cc2nc(n1)-c1ccccc1-n1cc(nn1)-c1ccccc1C2.Nc1cc2nc(n1)-c1ccccc1-n1cc(nn1)-c1ccccc1C2.[C-]#[N+]c1c(N)[nH]c(=O)[nH]c1=O.[C-]#[N+]c1c(N)nc(Cl)nc1Cl.[N-]=[N+]=Nc1ccccc1C(=N)N. The first kappa shape index (κ1) is 89.2. The molecule has 15 aromatic rings. The van der Waals surface area contributed by atoms with Crippen LogP contribution in [0.3, 0.4) is 0 Å². The zero-order chi connectivity index (χ0) is 89.8. The number of ketones is 1. The number of nitrogen functional groups attached to an aromatic ring is 4. The van der Waals surface area contributed by atoms with E-state index in [0.717, 1.165) is 84.2 Å². The van der Waals surface area contributed by atoms with E-state index < -0.39 is 17.2 Å². The van der Waals surface area contributed by atoms with Crippen molar-refractivity contribution in [2.24, 2.45) is 16.0 Å². The molecule has 0 radical (unpaired) electrons. The van der Waals surface area contributed by atoms with Gasteiger partial charge < -0.3 is 37.6 Å². The highest BCUT2D eigenvalue weighted by molar-refractivity contribution is 6.34. The summed E-state index contributed by atoms with van der Waals surface area (Å²) in [7, 11) is 0. The number of anilines is 3. The maximum Gasteiger partial charge on any atom is 0.325 e. The van der Waals surface area contributed by atoms with E-state index in [2.05, 4.69) is 121 Å². The van der Waals surface area contributed by atoms with Gasteiger partial charge in [-0.15, -0.1) is 23.0 Å². The molecule has 35 nitrogen and oxygen atoms in total. The first-order valence-corrected chi connectivity index (χ1v) is 38.4. The highest BCUT2D eigenvalue weighted by Gasteiger charge is 2.22. The van der Waals surface area contributed by atoms with Crippen LogP contribution in [0.15, 0.2) is 249 Å². The number of esters is 1. The smallest absolute Gasteiger partial charge is 0.325 e. The predicted molar refractivity (Wildman–Crippen MR) is 479 cm³/mol. The van der Waals surface area contributed by atoms with E-state index in [1.165, 1.54) is 6.07 Å². The van der Waals surface area contributed by atoms with Crippen LogP contribution in [-0.4, -0.2) is 104 Å². The molecule has 126 heavy (non-hydrogen) atoms. The number of carbonyl (C=O) groups is 2. The Labute approximate surface area is 730 Å². The Hall–Kier alpha value is -17.6. The van der Waals surface area contributed by atoms with Crippen LogP contribution in [0.1, 0.15) is 69.4 Å². The van der Waals surface area contributed by atoms with Gasteiger partial charge in [-0.3, -0.25) is 29.6 Å². The van der Waals surface area contributed by atoms with Crippen LogP contribution >= 0.6 is 34.8 Å². The van der Waals surface area contributed by atoms with Crippen molar-refractivity contribution in [1.29, 1.82) is 5.41 Å². The molecule has 0 fully saturated rings. The van der Waals surface area contributed by atoms with Crippen LogP contribution in [0.2, 0.25) is 15.6 Å². The number of amidine groups is 1. The number of nitrogens with one attached hydrogen (secondary N) is 4. The topological polar surface area (TPSA) is 528 Å². The Morgan fingerprint density at radius 1 is 0.587 bits per heavy atom. The van der Waals surface area contributed by atoms with E-state index >= 15 is 0 Å². The molecule has 0 amide bonds. The van der Waals surface area contributed by atoms with Gasteiger partial charge in [-0.1, -0.05) is 213 Å². The average molecular weight is 1730 g/mol. The van der Waals surface area contributed by atoms with Gasteiger partial charge in [0.25, 0.3) is 22.5 Å². The second kappa shape index (κ2) is 42.9. The molecule has 620 valence electrons. The predicted octanol–water partition coefficient (Wildman–Crippen LogP) is 15.5. The van der Waals surface area contributed by atoms with Gasteiger partial charge in [-0.2, -0.15) is 0 Å². The number of para-hydroxylation sites is 2. The lowest BCUT2D eigenvalue weighted by atomic mass is 10.0. The summed E-state index contributed by atoms with van der Waals surface area (Å²) in [6.07, 6.45) is 16.4. The number of fused-ring (bicyclic) bond motifs is 18. The monoisotopic (exact) mass is 1730 g/mol. The molecule has 38 heteroatoms. The second-order valence-electron chi connectivity index (χ2n) is 26.2. The first-order chi connectivity index (χ1) is 61.0. The van der Waals surface area contributed by atoms with E-state index in [1.54, 1.807) is 77.0 Å². The third-order valence-corrected chi connectivity index (χ3v) is 18.5. The van der Waals surface area contributed by atoms with Gasteiger partial charge in [0.1, 0.15) is 63.0 Å². The summed E-state index contributed by atoms with van der Waals surface area (Å²) in [5.74, 6) is 6.18. The number of azide groups is 2. The second-order valence-corrected chi connectivity index (χ2v) is 27.3. The van der Waals surface area contributed by atoms with Crippen molar-refractivity contribution in [3.05, 3.63) is 371 Å². The number of H-pyrrole nitrogens is 3. The summed E-state index contributed by atoms with van der Waals surface area (Å²) in [5, 5.41) is 31.9. The summed E-state index contributed by atoms with van der Waals surface area (Å²) in [6.45, 7) is 15.1. The third kappa shape index (κ3) is 23.3. The van der Waals surface area contributed by atoms with Crippen LogP contribution < -0.4 is 39.7 Å². The number of nitrogens with two attached hydrogens (primary N) is 4. The number of aromatic amines is 3. The van der Waals surface area contributed by atoms with Gasteiger partial charge in [0.15, 0.2) is 11.6 Å². The maximum absolute atomic E-state index is 12.1. The van der Waals surface area contributed by atoms with Crippen molar-refractivity contribution >= 4 is 92.6 Å². The minimum Gasteiger partial charge on any atom is -0.466 e. The normalized spacial score (nSPS) is 10.4. The summed E-state index contributed by atoms with van der Waals surface area (Å²) in [6, 6.07) is 65.4. The number of rotatable bonds is 11. The molecule has 0 saturated heterocycles. The molecule has 2 aliphatic heterocycles. The van der Waals surface area contributed by atoms with Crippen LogP contribution in [0, 0.1) is 43.2 Å². The summed E-state index contributed by atoms with van der Waals surface area (Å²) >= 11 is 17.2. The van der Waals surface area contributed by atoms with Crippen molar-refractivity contribution in [3.8, 4) is 92.7 Å². The molecule has 2 aliphatic rings. The highest BCUT2D eigenvalue weighted by Crippen LogP contribution is 2.35. The molecule has 0 spiro atoms. The fraction of sp³-hybridized carbons (Fsp3) is 0.0795. The van der Waals surface area contributed by atoms with E-state index in [-0.39, 0.29) is 70.1 Å². The van der Waals surface area contributed by atoms with Crippen molar-refractivity contribution in [2.75, 3.05) is 23.8 Å². The first-order valence-electron chi connectivity index (χ1n) is 37.2. The largest absolute Gasteiger partial charge is 0.466 e. The molecule has 0 aliphatic carbocycles. The lowest BCUT2D eigenvalue weighted by molar-refractivity contribution is -0.145. The molecular formula is C88H66Cl3N29O6. The zero-order valence-electron chi connectivity index (χ0n) is 66.0. The van der Waals surface area contributed by atoms with Crippen molar-refractivity contribution in [3.63, 3.8) is 0 Å². The Morgan fingerprint density at radius 2 is 1.10 bits per heavy atom. The lowest BCUT2D eigenvalue weighted by Crippen LogP contribution is -2.22. The molecule has 17 rings (SSSR count). The van der Waals surface area contributed by atoms with Gasteiger partial charge in [-0.25, -0.2) is 58.7 Å². The third-order valence-electron chi connectivity index (χ3n) is 17.9. The fourth-order valence-corrected chi connectivity index (χ4v) is 13.0. The zero-order valence-corrected chi connectivity index (χ0v) is 68.3. The quantitative estimate of drug-likeness (QED) is 0.00509. The summed E-state index contributed by atoms with van der Waals surface area (Å²) < 4.78 is 8.23. The average Bonchev–Trinajstić information content (AvgIpc) is 1.64. The number of Topliss-reactive ketones (excluding diaryl/α,β-unsaturated/α-hetero) is 1. The van der Waals surface area contributed by atoms with Gasteiger partial charge in [0.2, 0.25) is 5.28 Å². The molecule has 8 bridgehead atoms. The van der Waals surface area contributed by atoms with E-state index in [0.29, 0.717) is 81.5 Å². The van der Waals surface area contributed by atoms with Crippen molar-refractivity contribution in [2.45, 2.75) is 39.0 Å². The standard InChI is InChI=1S/C19H12ClN5.C19H14N6.C19H13N5O.C14H14O3.C7H7N5.C5H2Cl2N4.C5H4N4O2/c2*20-18-10-13-9-12-5-1-2-6-14(12)16-11-25(24-23-16)17-8-4-3-7-15(17)19(21-13)22-18;1-2-13-7-3-4-8-14(13)11-15-12-18(25)22-19(21-15)16-9-5-6-10-17(16)23-24-20;1-3-11-7-5-6-8-12(11)9-13(15)10-14(16)17-4-2;8-7(9)5-3-1-2-4-6(5)11-12-10;1-9-2-3(6)10-5(7)11-4(2)8;1-7-2-3(6)8-5(11)9-4(2)10/h1-8,10-11H,9H2;1-8,10-11H,9H2,(H2,20,21,22);1,3-10,12H,11H2,(H,21,22,25);1,5-8H,4,9-10H2,2H3;1-4H,(H3,8,9);(H2,8,10,11);(H4,6,8,9,10,11). The van der Waals surface area contributed by atoms with Gasteiger partial charge in [0.05, 0.1) is 60.6 Å². The molecule has 8 aromatic carbocycles. The van der Waals surface area contributed by atoms with Crippen molar-refractivity contribution in [1.82, 2.24) is 79.8 Å². The van der Waals surface area contributed by atoms with E-state index in [4.69, 9.17) is 115 Å². The van der Waals surface area contributed by atoms with Gasteiger partial charge in [0, 0.05) is 104 Å². The van der Waals surface area contributed by atoms with E-state index in [1.807, 2.05) is 139 Å². The molecule has 12 N–H and O–H groups in total. The number of halogens is 3. The number of aromatic nitrogens is 16. The number of terminal acetylenes is 2. The van der Waals surface area contributed by atoms with Crippen LogP contribution in [-0.2, 0) is 40.0 Å². The number of benzene rings is 8. The minimum atomic E-state index is -0.763. The molecule has 9 heterocycles. The molecular weight excluding hydrogens is 1670 g/mol. The van der Waals surface area contributed by atoms with Crippen molar-refractivity contribution < 1.29 is 14.3 Å². The summed E-state index contributed by atoms with van der Waals surface area (Å²) in [4.78, 5) is 104. The lowest BCUT2D eigenvalue weighted by Gasteiger charge is -2.10. The molecule has 7 aromatic heterocycles. The number of hydrogen-bond donors (Lipinski definition) is 8. The number of carbonyl (C=O) groups excluding carboxylic acids is 2. The van der Waals surface area contributed by atoms with Crippen LogP contribution in [0.25, 0.3) is 98.6 Å². The van der Waals surface area contributed by atoms with Gasteiger partial charge in [-0.05, 0) is 94.3 Å². The minimum absolute atomic E-state index is 0.00463. The molecule has 0 atom stereocenters. The Balaban J connectivity index is 0.000000147. The Kier molecular flexibility index (Phi) is 30.4. The molecule has 0 unspecified atom stereocenters. The fourth-order valence-electron chi connectivity index (χ4n) is 12.4. The van der Waals surface area contributed by atoms with Gasteiger partial charge >= 0.3 is 11.7 Å². The Bertz CT molecular complexity index is 6890. The molecule has 0 saturated carbocycles. The Morgan fingerprint density at radius 3 is 1.66 bits per heavy atom. The number of ether oxygens (including phenoxy) is 1. The number of nitrogens with zero attached hydrogens (tertiary/aromatic N) is 21. The number of hydrogen-bond acceptors (Lipinski definition) is 23. The van der Waals surface area contributed by atoms with E-state index in [9.17, 15) is 24.0 Å². The van der Waals surface area contributed by atoms with Crippen LogP contribution in [0.4, 0.5) is 40.2 Å². The maximum atomic E-state index is 12.1. The van der Waals surface area contributed by atoms with Crippen LogP contribution in [0.5, 0.6) is 0 Å².